The molecule has 1 fully saturated rings. The van der Waals surface area contributed by atoms with E-state index in [-0.39, 0.29) is 5.91 Å². The number of carbonyl (C=O) groups is 1. The van der Waals surface area contributed by atoms with Crippen molar-refractivity contribution < 1.29 is 4.79 Å². The van der Waals surface area contributed by atoms with Gasteiger partial charge in [0.05, 0.1) is 12.2 Å². The predicted molar refractivity (Wildman–Crippen MR) is 65.3 cm³/mol. The zero-order chi connectivity index (χ0) is 12.1. The molecule has 1 aliphatic heterocycles. The van der Waals surface area contributed by atoms with Gasteiger partial charge in [0.2, 0.25) is 5.91 Å². The first-order valence-electron chi connectivity index (χ1n) is 6.20. The van der Waals surface area contributed by atoms with Crippen LogP contribution in [0.4, 0.5) is 0 Å². The largest absolute Gasteiger partial charge is 0.350 e. The van der Waals surface area contributed by atoms with Crippen molar-refractivity contribution in [2.75, 3.05) is 13.1 Å². The van der Waals surface area contributed by atoms with Crippen LogP contribution in [0, 0.1) is 5.92 Å². The monoisotopic (exact) mass is 236 g/mol. The zero-order valence-corrected chi connectivity index (χ0v) is 10.3. The molecule has 94 valence electrons. The molecule has 1 saturated heterocycles. The third-order valence-corrected chi connectivity index (χ3v) is 3.18. The fourth-order valence-corrected chi connectivity index (χ4v) is 2.13. The summed E-state index contributed by atoms with van der Waals surface area (Å²) in [6.07, 6.45) is 4.69. The molecule has 5 heteroatoms. The fraction of sp³-hybridized carbons (Fsp3) is 0.667. The van der Waals surface area contributed by atoms with Gasteiger partial charge >= 0.3 is 0 Å². The van der Waals surface area contributed by atoms with Crippen LogP contribution in [0.2, 0.25) is 0 Å². The number of amides is 1. The Labute approximate surface area is 102 Å². The molecule has 2 rings (SSSR count). The van der Waals surface area contributed by atoms with Crippen molar-refractivity contribution in [2.45, 2.75) is 25.8 Å². The number of nitrogens with zero attached hydrogens (tertiary/aromatic N) is 2. The minimum Gasteiger partial charge on any atom is -0.350 e. The second-order valence-electron chi connectivity index (χ2n) is 4.65. The Bertz CT molecular complexity index is 368. The summed E-state index contributed by atoms with van der Waals surface area (Å²) in [5, 5.41) is 10.4. The average Bonchev–Trinajstić information content (AvgIpc) is 2.95. The summed E-state index contributed by atoms with van der Waals surface area (Å²) in [7, 11) is 1.87. The second-order valence-corrected chi connectivity index (χ2v) is 4.65. The summed E-state index contributed by atoms with van der Waals surface area (Å²) >= 11 is 0. The van der Waals surface area contributed by atoms with E-state index in [1.165, 1.54) is 6.42 Å². The van der Waals surface area contributed by atoms with Crippen molar-refractivity contribution in [1.82, 2.24) is 20.4 Å². The van der Waals surface area contributed by atoms with Crippen LogP contribution in [0.15, 0.2) is 12.3 Å². The van der Waals surface area contributed by atoms with Gasteiger partial charge in [0, 0.05) is 19.7 Å². The predicted octanol–water partition coefficient (Wildman–Crippen LogP) is 0.426. The summed E-state index contributed by atoms with van der Waals surface area (Å²) in [6, 6.07) is 1.92. The number of aromatic nitrogens is 2. The highest BCUT2D eigenvalue weighted by atomic mass is 16.1. The first-order valence-corrected chi connectivity index (χ1v) is 6.20. The van der Waals surface area contributed by atoms with Gasteiger partial charge in [-0.15, -0.1) is 0 Å². The topological polar surface area (TPSA) is 59.0 Å². The van der Waals surface area contributed by atoms with E-state index < -0.39 is 0 Å². The SMILES string of the molecule is Cn1ccc(CNC(=O)CCC2CCNC2)n1. The second kappa shape index (κ2) is 5.82. The highest BCUT2D eigenvalue weighted by Gasteiger charge is 2.15. The lowest BCUT2D eigenvalue weighted by molar-refractivity contribution is -0.121. The molecule has 0 radical (unpaired) electrons. The summed E-state index contributed by atoms with van der Waals surface area (Å²) in [5.74, 6) is 0.804. The third-order valence-electron chi connectivity index (χ3n) is 3.18. The van der Waals surface area contributed by atoms with Gasteiger partial charge in [0.15, 0.2) is 0 Å². The van der Waals surface area contributed by atoms with Crippen molar-refractivity contribution in [3.05, 3.63) is 18.0 Å². The Kier molecular flexibility index (Phi) is 4.14. The van der Waals surface area contributed by atoms with Crippen molar-refractivity contribution in [3.8, 4) is 0 Å². The Hall–Kier alpha value is -1.36. The maximum Gasteiger partial charge on any atom is 0.220 e. The number of rotatable bonds is 5. The highest BCUT2D eigenvalue weighted by molar-refractivity contribution is 5.75. The van der Waals surface area contributed by atoms with Crippen molar-refractivity contribution >= 4 is 5.91 Å². The molecule has 1 aliphatic rings. The number of nitrogens with one attached hydrogen (secondary N) is 2. The first kappa shape index (κ1) is 12.1. The minimum absolute atomic E-state index is 0.127. The molecule has 0 aliphatic carbocycles. The maximum absolute atomic E-state index is 11.6. The highest BCUT2D eigenvalue weighted by Crippen LogP contribution is 2.13. The lowest BCUT2D eigenvalue weighted by Crippen LogP contribution is -2.23. The van der Waals surface area contributed by atoms with Crippen LogP contribution < -0.4 is 10.6 Å². The molecule has 1 aromatic heterocycles. The molecule has 1 aromatic rings. The maximum atomic E-state index is 11.6. The quantitative estimate of drug-likeness (QED) is 0.779. The van der Waals surface area contributed by atoms with Gasteiger partial charge in [-0.25, -0.2) is 0 Å². The molecule has 0 bridgehead atoms. The van der Waals surface area contributed by atoms with Crippen LogP contribution >= 0.6 is 0 Å². The van der Waals surface area contributed by atoms with Gasteiger partial charge in [0.1, 0.15) is 0 Å². The van der Waals surface area contributed by atoms with Crippen LogP contribution in [0.25, 0.3) is 0 Å². The van der Waals surface area contributed by atoms with E-state index in [4.69, 9.17) is 0 Å². The smallest absolute Gasteiger partial charge is 0.220 e. The molecule has 0 aromatic carbocycles. The van der Waals surface area contributed by atoms with E-state index in [1.807, 2.05) is 19.3 Å². The molecule has 1 unspecified atom stereocenters. The molecule has 5 nitrogen and oxygen atoms in total. The van der Waals surface area contributed by atoms with Crippen molar-refractivity contribution in [1.29, 1.82) is 0 Å². The van der Waals surface area contributed by atoms with Crippen LogP contribution in [0.3, 0.4) is 0 Å². The van der Waals surface area contributed by atoms with E-state index in [1.54, 1.807) is 4.68 Å². The van der Waals surface area contributed by atoms with E-state index >= 15 is 0 Å². The Morgan fingerprint density at radius 2 is 2.59 bits per heavy atom. The Morgan fingerprint density at radius 1 is 1.71 bits per heavy atom. The molecule has 1 atom stereocenters. The van der Waals surface area contributed by atoms with Crippen LogP contribution in [0.5, 0.6) is 0 Å². The molecule has 2 N–H and O–H groups in total. The van der Waals surface area contributed by atoms with E-state index in [0.29, 0.717) is 18.9 Å². The van der Waals surface area contributed by atoms with Gasteiger partial charge in [0.25, 0.3) is 0 Å². The lowest BCUT2D eigenvalue weighted by atomic mass is 10.0. The Balaban J connectivity index is 1.63. The fourth-order valence-electron chi connectivity index (χ4n) is 2.13. The zero-order valence-electron chi connectivity index (χ0n) is 10.3. The van der Waals surface area contributed by atoms with Gasteiger partial charge in [-0.3, -0.25) is 9.48 Å². The minimum atomic E-state index is 0.127. The van der Waals surface area contributed by atoms with Gasteiger partial charge in [-0.2, -0.15) is 5.10 Å². The molecule has 17 heavy (non-hydrogen) atoms. The van der Waals surface area contributed by atoms with Crippen LogP contribution in [-0.2, 0) is 18.4 Å². The van der Waals surface area contributed by atoms with Gasteiger partial charge in [-0.1, -0.05) is 0 Å². The standard InChI is InChI=1S/C12H20N4O/c1-16-7-5-11(15-16)9-14-12(17)3-2-10-4-6-13-8-10/h5,7,10,13H,2-4,6,8-9H2,1H3,(H,14,17). The normalized spacial score (nSPS) is 19.5. The summed E-state index contributed by atoms with van der Waals surface area (Å²) in [6.45, 7) is 2.69. The molecular formula is C12H20N4O. The first-order chi connectivity index (χ1) is 8.24. The summed E-state index contributed by atoms with van der Waals surface area (Å²) in [5.41, 5.74) is 0.906. The summed E-state index contributed by atoms with van der Waals surface area (Å²) < 4.78 is 1.74. The molecular weight excluding hydrogens is 216 g/mol. The van der Waals surface area contributed by atoms with E-state index in [2.05, 4.69) is 15.7 Å². The molecule has 1 amide bonds. The van der Waals surface area contributed by atoms with Crippen molar-refractivity contribution in [3.63, 3.8) is 0 Å². The number of hydrogen-bond acceptors (Lipinski definition) is 3. The third kappa shape index (κ3) is 3.85. The number of carbonyl (C=O) groups excluding carboxylic acids is 1. The van der Waals surface area contributed by atoms with Gasteiger partial charge in [-0.05, 0) is 37.9 Å². The van der Waals surface area contributed by atoms with E-state index in [0.717, 1.165) is 25.2 Å². The van der Waals surface area contributed by atoms with Crippen LogP contribution in [0.1, 0.15) is 25.0 Å². The lowest BCUT2D eigenvalue weighted by Gasteiger charge is -2.07. The average molecular weight is 236 g/mol. The number of aryl methyl sites for hydroxylation is 1. The molecule has 0 spiro atoms. The molecule has 0 saturated carbocycles. The molecule has 2 heterocycles. The van der Waals surface area contributed by atoms with E-state index in [9.17, 15) is 4.79 Å². The Morgan fingerprint density at radius 3 is 3.24 bits per heavy atom. The number of hydrogen-bond donors (Lipinski definition) is 2. The van der Waals surface area contributed by atoms with Crippen molar-refractivity contribution in [2.24, 2.45) is 13.0 Å². The van der Waals surface area contributed by atoms with Gasteiger partial charge < -0.3 is 10.6 Å². The van der Waals surface area contributed by atoms with Crippen LogP contribution in [-0.4, -0.2) is 28.8 Å². The summed E-state index contributed by atoms with van der Waals surface area (Å²) in [4.78, 5) is 11.6.